The van der Waals surface area contributed by atoms with Crippen LogP contribution < -0.4 is 10.1 Å². The summed E-state index contributed by atoms with van der Waals surface area (Å²) < 4.78 is 4.94. The second-order valence-electron chi connectivity index (χ2n) is 4.26. The number of urea groups is 1. The molecule has 1 aliphatic rings. The summed E-state index contributed by atoms with van der Waals surface area (Å²) >= 11 is 0. The van der Waals surface area contributed by atoms with E-state index in [1.165, 1.54) is 13.3 Å². The number of aliphatic hydroxyl groups excluding tert-OH is 1. The van der Waals surface area contributed by atoms with Crippen molar-refractivity contribution in [2.45, 2.75) is 18.9 Å². The molecule has 1 aromatic rings. The number of hydrogen-bond acceptors (Lipinski definition) is 4. The van der Waals surface area contributed by atoms with Crippen LogP contribution in [0, 0.1) is 0 Å². The first kappa shape index (κ1) is 12.6. The Hall–Kier alpha value is -1.82. The molecule has 1 aliphatic heterocycles. The number of aliphatic hydroxyl groups is 1. The van der Waals surface area contributed by atoms with Crippen molar-refractivity contribution in [3.8, 4) is 5.88 Å². The minimum absolute atomic E-state index is 0.208. The van der Waals surface area contributed by atoms with Crippen molar-refractivity contribution in [1.29, 1.82) is 0 Å². The Morgan fingerprint density at radius 1 is 1.61 bits per heavy atom. The molecule has 2 N–H and O–H groups in total. The van der Waals surface area contributed by atoms with Gasteiger partial charge in [0.15, 0.2) is 0 Å². The molecule has 0 spiro atoms. The zero-order chi connectivity index (χ0) is 13.0. The van der Waals surface area contributed by atoms with E-state index in [1.54, 1.807) is 17.0 Å². The minimum Gasteiger partial charge on any atom is -0.481 e. The summed E-state index contributed by atoms with van der Waals surface area (Å²) in [4.78, 5) is 17.5. The molecule has 0 radical (unpaired) electrons. The van der Waals surface area contributed by atoms with Gasteiger partial charge in [-0.2, -0.15) is 0 Å². The predicted octanol–water partition coefficient (Wildman–Crippen LogP) is 1.08. The lowest BCUT2D eigenvalue weighted by atomic mass is 10.1. The van der Waals surface area contributed by atoms with Crippen molar-refractivity contribution in [3.63, 3.8) is 0 Å². The van der Waals surface area contributed by atoms with Crippen molar-refractivity contribution in [2.24, 2.45) is 0 Å². The smallest absolute Gasteiger partial charge is 0.321 e. The number of aromatic nitrogens is 1. The van der Waals surface area contributed by atoms with Crippen LogP contribution in [-0.4, -0.2) is 47.3 Å². The fraction of sp³-hybridized carbons (Fsp3) is 0.500. The summed E-state index contributed by atoms with van der Waals surface area (Å²) in [5, 5.41) is 12.3. The second kappa shape index (κ2) is 5.68. The largest absolute Gasteiger partial charge is 0.481 e. The summed E-state index contributed by atoms with van der Waals surface area (Å²) in [6.45, 7) is 1.06. The van der Waals surface area contributed by atoms with Gasteiger partial charge in [0.05, 0.1) is 25.1 Å². The van der Waals surface area contributed by atoms with Gasteiger partial charge in [0.25, 0.3) is 0 Å². The van der Waals surface area contributed by atoms with Crippen LogP contribution in [0.25, 0.3) is 0 Å². The zero-order valence-electron chi connectivity index (χ0n) is 10.3. The average molecular weight is 251 g/mol. The molecule has 1 saturated heterocycles. The van der Waals surface area contributed by atoms with E-state index in [2.05, 4.69) is 10.3 Å². The number of carbonyl (C=O) groups excluding carboxylic acids is 1. The van der Waals surface area contributed by atoms with Crippen molar-refractivity contribution in [3.05, 3.63) is 18.3 Å². The number of piperidine rings is 1. The topological polar surface area (TPSA) is 74.7 Å². The Bertz CT molecular complexity index is 408. The van der Waals surface area contributed by atoms with E-state index in [9.17, 15) is 9.90 Å². The highest BCUT2D eigenvalue weighted by Gasteiger charge is 2.21. The lowest BCUT2D eigenvalue weighted by Gasteiger charge is -2.30. The molecule has 2 amide bonds. The average Bonchev–Trinajstić information content (AvgIpc) is 2.39. The third-order valence-electron chi connectivity index (χ3n) is 2.88. The zero-order valence-corrected chi connectivity index (χ0v) is 10.3. The van der Waals surface area contributed by atoms with Gasteiger partial charge in [0.1, 0.15) is 0 Å². The molecule has 18 heavy (non-hydrogen) atoms. The number of nitrogens with zero attached hydrogens (tertiary/aromatic N) is 2. The number of likely N-dealkylation sites (tertiary alicyclic amines) is 1. The molecule has 0 bridgehead atoms. The predicted molar refractivity (Wildman–Crippen MR) is 66.6 cm³/mol. The van der Waals surface area contributed by atoms with E-state index >= 15 is 0 Å². The molecule has 1 unspecified atom stereocenters. The lowest BCUT2D eigenvalue weighted by molar-refractivity contribution is 0.0883. The number of pyridine rings is 1. The SMILES string of the molecule is COc1ccc(NC(=O)N2CCCC(O)C2)cn1. The highest BCUT2D eigenvalue weighted by molar-refractivity contribution is 5.89. The van der Waals surface area contributed by atoms with Gasteiger partial charge >= 0.3 is 6.03 Å². The molecule has 6 heteroatoms. The van der Waals surface area contributed by atoms with Gasteiger partial charge < -0.3 is 20.1 Å². The van der Waals surface area contributed by atoms with Crippen LogP contribution in [0.2, 0.25) is 0 Å². The molecule has 0 saturated carbocycles. The Morgan fingerprint density at radius 2 is 2.44 bits per heavy atom. The molecule has 0 aromatic carbocycles. The number of anilines is 1. The van der Waals surface area contributed by atoms with Crippen LogP contribution >= 0.6 is 0 Å². The van der Waals surface area contributed by atoms with E-state index in [0.29, 0.717) is 24.7 Å². The van der Waals surface area contributed by atoms with Crippen molar-refractivity contribution in [2.75, 3.05) is 25.5 Å². The number of carbonyl (C=O) groups is 1. The normalized spacial score (nSPS) is 19.4. The van der Waals surface area contributed by atoms with Crippen molar-refractivity contribution < 1.29 is 14.6 Å². The number of methoxy groups -OCH3 is 1. The lowest BCUT2D eigenvalue weighted by Crippen LogP contribution is -2.44. The number of β-amino-alcohol motifs (C(OH)–C–C–N with tert-alkyl or cyclic N) is 1. The molecule has 0 aliphatic carbocycles. The van der Waals surface area contributed by atoms with Gasteiger partial charge in [-0.25, -0.2) is 9.78 Å². The van der Waals surface area contributed by atoms with Gasteiger partial charge in [0, 0.05) is 19.2 Å². The van der Waals surface area contributed by atoms with Crippen molar-refractivity contribution >= 4 is 11.7 Å². The Kier molecular flexibility index (Phi) is 3.99. The molecule has 2 heterocycles. The van der Waals surface area contributed by atoms with Crippen LogP contribution in [0.1, 0.15) is 12.8 Å². The van der Waals surface area contributed by atoms with E-state index in [0.717, 1.165) is 12.8 Å². The molecule has 6 nitrogen and oxygen atoms in total. The molecule has 2 rings (SSSR count). The number of rotatable bonds is 2. The van der Waals surface area contributed by atoms with E-state index in [4.69, 9.17) is 4.74 Å². The minimum atomic E-state index is -0.418. The molecular formula is C12H17N3O3. The highest BCUT2D eigenvalue weighted by atomic mass is 16.5. The summed E-state index contributed by atoms with van der Waals surface area (Å²) in [5.74, 6) is 0.501. The monoisotopic (exact) mass is 251 g/mol. The maximum absolute atomic E-state index is 11.9. The number of hydrogen-bond donors (Lipinski definition) is 2. The summed E-state index contributed by atoms with van der Waals surface area (Å²) in [7, 11) is 1.54. The molecule has 1 aromatic heterocycles. The molecule has 98 valence electrons. The van der Waals surface area contributed by atoms with Crippen LogP contribution in [0.15, 0.2) is 18.3 Å². The fourth-order valence-electron chi connectivity index (χ4n) is 1.92. The van der Waals surface area contributed by atoms with Crippen LogP contribution in [0.5, 0.6) is 5.88 Å². The standard InChI is InChI=1S/C12H17N3O3/c1-18-11-5-4-9(7-13-11)14-12(17)15-6-2-3-10(16)8-15/h4-5,7,10,16H,2-3,6,8H2,1H3,(H,14,17). The maximum atomic E-state index is 11.9. The first-order valence-electron chi connectivity index (χ1n) is 5.93. The van der Waals surface area contributed by atoms with Gasteiger partial charge in [-0.3, -0.25) is 0 Å². The number of ether oxygens (including phenoxy) is 1. The summed E-state index contributed by atoms with van der Waals surface area (Å²) in [6.07, 6.45) is 2.71. The maximum Gasteiger partial charge on any atom is 0.321 e. The summed E-state index contributed by atoms with van der Waals surface area (Å²) in [5.41, 5.74) is 0.612. The van der Waals surface area contributed by atoms with E-state index in [-0.39, 0.29) is 6.03 Å². The third-order valence-corrected chi connectivity index (χ3v) is 2.88. The Morgan fingerprint density at radius 3 is 3.06 bits per heavy atom. The van der Waals surface area contributed by atoms with Gasteiger partial charge in [-0.05, 0) is 18.9 Å². The molecule has 1 atom stereocenters. The van der Waals surface area contributed by atoms with Crippen molar-refractivity contribution in [1.82, 2.24) is 9.88 Å². The van der Waals surface area contributed by atoms with Crippen LogP contribution in [0.3, 0.4) is 0 Å². The second-order valence-corrected chi connectivity index (χ2v) is 4.26. The Labute approximate surface area is 106 Å². The molecule has 1 fully saturated rings. The van der Waals surface area contributed by atoms with Gasteiger partial charge in [0.2, 0.25) is 5.88 Å². The van der Waals surface area contributed by atoms with E-state index in [1.807, 2.05) is 0 Å². The van der Waals surface area contributed by atoms with E-state index < -0.39 is 6.10 Å². The first-order valence-corrected chi connectivity index (χ1v) is 5.93. The summed E-state index contributed by atoms with van der Waals surface area (Å²) in [6, 6.07) is 3.20. The number of nitrogens with one attached hydrogen (secondary N) is 1. The van der Waals surface area contributed by atoms with Gasteiger partial charge in [-0.15, -0.1) is 0 Å². The van der Waals surface area contributed by atoms with Crippen LogP contribution in [-0.2, 0) is 0 Å². The number of amides is 2. The third kappa shape index (κ3) is 3.10. The van der Waals surface area contributed by atoms with Gasteiger partial charge in [-0.1, -0.05) is 0 Å². The molecular weight excluding hydrogens is 234 g/mol. The first-order chi connectivity index (χ1) is 8.69. The quantitative estimate of drug-likeness (QED) is 0.824. The highest BCUT2D eigenvalue weighted by Crippen LogP contribution is 2.14. The fourth-order valence-corrected chi connectivity index (χ4v) is 1.92. The van der Waals surface area contributed by atoms with Crippen LogP contribution in [0.4, 0.5) is 10.5 Å². The Balaban J connectivity index is 1.93.